The highest BCUT2D eigenvalue weighted by Gasteiger charge is 2.24. The van der Waals surface area contributed by atoms with Crippen LogP contribution >= 0.6 is 0 Å². The Morgan fingerprint density at radius 3 is 1.26 bits per heavy atom. The van der Waals surface area contributed by atoms with Gasteiger partial charge >= 0.3 is 0 Å². The fourth-order valence-electron chi connectivity index (χ4n) is 9.02. The van der Waals surface area contributed by atoms with Crippen molar-refractivity contribution in [3.05, 3.63) is 224 Å². The van der Waals surface area contributed by atoms with Gasteiger partial charge in [-0.15, -0.1) is 0 Å². The predicted molar refractivity (Wildman–Crippen MR) is 256 cm³/mol. The molecule has 0 aliphatic carbocycles. The van der Waals surface area contributed by atoms with Gasteiger partial charge in [0, 0.05) is 38.4 Å². The molecule has 0 fully saturated rings. The van der Waals surface area contributed by atoms with E-state index in [2.05, 4.69) is 209 Å². The van der Waals surface area contributed by atoms with E-state index in [0.717, 1.165) is 77.3 Å². The predicted octanol–water partition coefficient (Wildman–Crippen LogP) is 14.4. The van der Waals surface area contributed by atoms with Gasteiger partial charge in [0.2, 0.25) is 5.95 Å². The van der Waals surface area contributed by atoms with E-state index in [4.69, 9.17) is 15.0 Å². The molecule has 3 aromatic heterocycles. The van der Waals surface area contributed by atoms with Gasteiger partial charge in [-0.1, -0.05) is 194 Å². The molecular weight excluding hydrogens is 755 g/mol. The lowest BCUT2D eigenvalue weighted by Gasteiger charge is -2.14. The lowest BCUT2D eigenvalue weighted by atomic mass is 10.0. The van der Waals surface area contributed by atoms with Gasteiger partial charge in [0.1, 0.15) is 0 Å². The number of benzene rings is 9. The Balaban J connectivity index is 1.17. The summed E-state index contributed by atoms with van der Waals surface area (Å²) >= 11 is 0. The van der Waals surface area contributed by atoms with Crippen LogP contribution in [-0.4, -0.2) is 24.1 Å². The van der Waals surface area contributed by atoms with Gasteiger partial charge < -0.3 is 4.57 Å². The Labute approximate surface area is 358 Å². The van der Waals surface area contributed by atoms with Crippen LogP contribution in [0.25, 0.3) is 111 Å². The van der Waals surface area contributed by atoms with Crippen LogP contribution in [0, 0.1) is 0 Å². The lowest BCUT2D eigenvalue weighted by Crippen LogP contribution is -2.07. The molecule has 0 saturated carbocycles. The molecule has 0 aliphatic rings. The van der Waals surface area contributed by atoms with E-state index in [9.17, 15) is 0 Å². The summed E-state index contributed by atoms with van der Waals surface area (Å²) in [5.41, 5.74) is 14.1. The highest BCUT2D eigenvalue weighted by molar-refractivity contribution is 6.24. The van der Waals surface area contributed by atoms with Crippen LogP contribution in [-0.2, 0) is 0 Å². The van der Waals surface area contributed by atoms with Crippen molar-refractivity contribution < 1.29 is 0 Å². The van der Waals surface area contributed by atoms with E-state index in [-0.39, 0.29) is 0 Å². The highest BCUT2D eigenvalue weighted by Crippen LogP contribution is 2.43. The third-order valence-electron chi connectivity index (χ3n) is 12.0. The van der Waals surface area contributed by atoms with Gasteiger partial charge in [-0.25, -0.2) is 4.98 Å². The summed E-state index contributed by atoms with van der Waals surface area (Å²) in [6.45, 7) is 0. The molecule has 12 aromatic rings. The van der Waals surface area contributed by atoms with Crippen molar-refractivity contribution in [1.29, 1.82) is 0 Å². The second kappa shape index (κ2) is 14.7. The van der Waals surface area contributed by atoms with Crippen molar-refractivity contribution in [2.75, 3.05) is 0 Å². The van der Waals surface area contributed by atoms with Gasteiger partial charge in [0.25, 0.3) is 0 Å². The van der Waals surface area contributed by atoms with E-state index in [1.165, 1.54) is 16.5 Å². The number of para-hydroxylation sites is 1. The monoisotopic (exact) mass is 791 g/mol. The van der Waals surface area contributed by atoms with Gasteiger partial charge in [-0.3, -0.25) is 4.57 Å². The molecule has 62 heavy (non-hydrogen) atoms. The number of aromatic nitrogens is 5. The molecular formula is C57H37N5. The van der Waals surface area contributed by atoms with Crippen LogP contribution in [0.15, 0.2) is 224 Å². The molecule has 0 bridgehead atoms. The molecule has 3 heterocycles. The molecule has 0 amide bonds. The largest absolute Gasteiger partial charge is 0.307 e. The molecule has 12 rings (SSSR count). The second-order valence-corrected chi connectivity index (χ2v) is 15.6. The summed E-state index contributed by atoms with van der Waals surface area (Å²) < 4.78 is 4.68. The van der Waals surface area contributed by atoms with Crippen molar-refractivity contribution in [3.8, 4) is 67.8 Å². The minimum Gasteiger partial charge on any atom is -0.307 e. The number of hydrogen-bond donors (Lipinski definition) is 0. The molecule has 0 spiro atoms. The average molecular weight is 792 g/mol. The third kappa shape index (κ3) is 5.98. The molecule has 9 aromatic carbocycles. The maximum atomic E-state index is 5.39. The molecule has 0 unspecified atom stereocenters. The number of nitrogens with zero attached hydrogens (tertiary/aromatic N) is 5. The highest BCUT2D eigenvalue weighted by atomic mass is 15.2. The van der Waals surface area contributed by atoms with Crippen molar-refractivity contribution in [2.24, 2.45) is 0 Å². The third-order valence-corrected chi connectivity index (χ3v) is 12.0. The van der Waals surface area contributed by atoms with Crippen LogP contribution in [0.1, 0.15) is 0 Å². The van der Waals surface area contributed by atoms with Gasteiger partial charge in [0.15, 0.2) is 11.6 Å². The zero-order valence-corrected chi connectivity index (χ0v) is 33.6. The zero-order valence-electron chi connectivity index (χ0n) is 33.6. The Bertz CT molecular complexity index is 3580. The zero-order chi connectivity index (χ0) is 41.0. The van der Waals surface area contributed by atoms with E-state index in [1.807, 2.05) is 24.3 Å². The Hall–Kier alpha value is -8.41. The van der Waals surface area contributed by atoms with E-state index in [0.29, 0.717) is 17.6 Å². The Morgan fingerprint density at radius 2 is 0.661 bits per heavy atom. The van der Waals surface area contributed by atoms with Crippen molar-refractivity contribution in [2.45, 2.75) is 0 Å². The summed E-state index contributed by atoms with van der Waals surface area (Å²) in [5.74, 6) is 1.77. The maximum Gasteiger partial charge on any atom is 0.238 e. The molecule has 0 aliphatic heterocycles. The summed E-state index contributed by atoms with van der Waals surface area (Å²) in [6.07, 6.45) is 0. The van der Waals surface area contributed by atoms with Crippen LogP contribution < -0.4 is 0 Å². The topological polar surface area (TPSA) is 48.5 Å². The molecule has 0 N–H and O–H groups in total. The number of hydrogen-bond acceptors (Lipinski definition) is 3. The van der Waals surface area contributed by atoms with E-state index in [1.54, 1.807) is 0 Å². The quantitative estimate of drug-likeness (QED) is 0.162. The Morgan fingerprint density at radius 1 is 0.258 bits per heavy atom. The molecule has 0 atom stereocenters. The van der Waals surface area contributed by atoms with Crippen LogP contribution in [0.3, 0.4) is 0 Å². The molecule has 5 nitrogen and oxygen atoms in total. The first kappa shape index (κ1) is 35.5. The van der Waals surface area contributed by atoms with E-state index < -0.39 is 0 Å². The normalized spacial score (nSPS) is 11.5. The number of fused-ring (bicyclic) bond motifs is 7. The van der Waals surface area contributed by atoms with Crippen molar-refractivity contribution >= 4 is 43.6 Å². The van der Waals surface area contributed by atoms with Gasteiger partial charge in [0.05, 0.1) is 22.1 Å². The summed E-state index contributed by atoms with van der Waals surface area (Å²) in [7, 11) is 0. The van der Waals surface area contributed by atoms with Crippen LogP contribution in [0.4, 0.5) is 0 Å². The van der Waals surface area contributed by atoms with Crippen LogP contribution in [0.2, 0.25) is 0 Å². The van der Waals surface area contributed by atoms with Crippen molar-refractivity contribution in [1.82, 2.24) is 24.1 Å². The molecule has 0 radical (unpaired) electrons. The SMILES string of the molecule is c1ccc(-c2ccc(-c3nc(-c4ccccc4)nc(-n4c5ccc(-c6ccccc6)cc5c5ccc6c7ccccc7n(-c7ccc(-c8ccccc8)cc7)c6c54)n3)cc2)cc1. The minimum atomic E-state index is 0.553. The fraction of sp³-hybridized carbons (Fsp3) is 0. The maximum absolute atomic E-state index is 5.39. The average Bonchev–Trinajstić information content (AvgIpc) is 3.88. The first-order chi connectivity index (χ1) is 30.7. The van der Waals surface area contributed by atoms with Crippen LogP contribution in [0.5, 0.6) is 0 Å². The molecule has 5 heteroatoms. The van der Waals surface area contributed by atoms with Crippen molar-refractivity contribution in [3.63, 3.8) is 0 Å². The lowest BCUT2D eigenvalue weighted by molar-refractivity contribution is 0.953. The minimum absolute atomic E-state index is 0.553. The summed E-state index contributed by atoms with van der Waals surface area (Å²) in [5, 5.41) is 4.57. The van der Waals surface area contributed by atoms with E-state index >= 15 is 0 Å². The Kier molecular flexibility index (Phi) is 8.42. The second-order valence-electron chi connectivity index (χ2n) is 15.6. The van der Waals surface area contributed by atoms with Gasteiger partial charge in [-0.2, -0.15) is 9.97 Å². The smallest absolute Gasteiger partial charge is 0.238 e. The molecule has 290 valence electrons. The number of rotatable bonds is 7. The fourth-order valence-corrected chi connectivity index (χ4v) is 9.02. The molecule has 0 saturated heterocycles. The summed E-state index contributed by atoms with van der Waals surface area (Å²) in [4.78, 5) is 15.9. The first-order valence-electron chi connectivity index (χ1n) is 20.9. The van der Waals surface area contributed by atoms with Gasteiger partial charge in [-0.05, 0) is 63.7 Å². The summed E-state index contributed by atoms with van der Waals surface area (Å²) in [6, 6.07) is 79.3. The first-order valence-corrected chi connectivity index (χ1v) is 20.9. The standard InChI is InChI=1S/C57H37N5/c1-5-15-38(16-6-1)41-25-27-44(28-26-41)56-58-55(43-21-11-4-12-22-43)59-57(60-56)62-52-36-31-45(40-19-9-3-10-20-40)37-50(52)49-35-34-48-47-23-13-14-24-51(47)61(53(48)54(49)62)46-32-29-42(30-33-46)39-17-7-2-8-18-39/h1-37H.